The molecule has 6 rings (SSSR count). The molecule has 0 saturated carbocycles. The van der Waals surface area contributed by atoms with Crippen LogP contribution in [0.1, 0.15) is 12.4 Å². The van der Waals surface area contributed by atoms with Gasteiger partial charge in [-0.2, -0.15) is 57.1 Å². The number of fused-ring (bicyclic) bond motifs is 3. The Labute approximate surface area is 285 Å². The van der Waals surface area contributed by atoms with E-state index in [1.165, 1.54) is 17.4 Å². The minimum Gasteiger partial charge on any atom is -0.194 e. The van der Waals surface area contributed by atoms with E-state index in [2.05, 4.69) is 0 Å². The average Bonchev–Trinajstić information content (AvgIpc) is 3.50. The van der Waals surface area contributed by atoms with Gasteiger partial charge in [0.25, 0.3) is 0 Å². The largest absolute Gasteiger partial charge is 0.460 e. The smallest absolute Gasteiger partial charge is 0.194 e. The standard InChI is InChI=1S/C36H19F13S/c37-31(38,32(39,40)33(41,42)34(43,44)35(45,46)36(47,48)49)26-14-10-23(11-15-26)25-12-16-27-28-18-24(13-17-29(28)50-30(27)19-25)22-8-6-21(7-9-22)20-4-2-1-3-5-20/h1-19H/i1D,2D,3D,4D,5D. The van der Waals surface area contributed by atoms with E-state index in [9.17, 15) is 57.1 Å². The van der Waals surface area contributed by atoms with Crippen LogP contribution in [0.5, 0.6) is 0 Å². The first-order valence-corrected chi connectivity index (χ1v) is 14.8. The van der Waals surface area contributed by atoms with E-state index in [4.69, 9.17) is 6.85 Å². The summed E-state index contributed by atoms with van der Waals surface area (Å²) in [6.07, 6.45) is -7.49. The van der Waals surface area contributed by atoms with Gasteiger partial charge in [-0.25, -0.2) is 0 Å². The van der Waals surface area contributed by atoms with Gasteiger partial charge in [0.2, 0.25) is 0 Å². The second-order valence-corrected chi connectivity index (χ2v) is 12.1. The zero-order valence-corrected chi connectivity index (χ0v) is 25.2. The van der Waals surface area contributed by atoms with Gasteiger partial charge in [-0.15, -0.1) is 11.3 Å². The first kappa shape index (κ1) is 29.2. The molecule has 0 bridgehead atoms. The molecule has 14 heteroatoms. The van der Waals surface area contributed by atoms with E-state index >= 15 is 0 Å². The predicted octanol–water partition coefficient (Wildman–Crippen LogP) is 13.3. The van der Waals surface area contributed by atoms with Crippen molar-refractivity contribution in [2.75, 3.05) is 0 Å². The summed E-state index contributed by atoms with van der Waals surface area (Å²) in [7, 11) is 0. The molecule has 1 aromatic heterocycles. The van der Waals surface area contributed by atoms with Crippen molar-refractivity contribution >= 4 is 31.5 Å². The summed E-state index contributed by atoms with van der Waals surface area (Å²) in [5, 5.41) is 1.48. The molecule has 0 atom stereocenters. The second kappa shape index (κ2) is 11.7. The van der Waals surface area contributed by atoms with Crippen LogP contribution in [0.2, 0.25) is 0 Å². The van der Waals surface area contributed by atoms with Gasteiger partial charge in [0, 0.05) is 25.7 Å². The summed E-state index contributed by atoms with van der Waals surface area (Å²) in [4.78, 5) is 0. The Morgan fingerprint density at radius 1 is 0.400 bits per heavy atom. The highest BCUT2D eigenvalue weighted by Gasteiger charge is 2.90. The normalized spacial score (nSPS) is 15.1. The fraction of sp³-hybridized carbons (Fsp3) is 0.167. The minimum absolute atomic E-state index is 0.0304. The van der Waals surface area contributed by atoms with E-state index in [-0.39, 0.29) is 40.9 Å². The Morgan fingerprint density at radius 2 is 0.860 bits per heavy atom. The van der Waals surface area contributed by atoms with Crippen molar-refractivity contribution in [3.05, 3.63) is 121 Å². The van der Waals surface area contributed by atoms with Gasteiger partial charge in [0.1, 0.15) is 0 Å². The van der Waals surface area contributed by atoms with Crippen molar-refractivity contribution in [1.82, 2.24) is 0 Å². The van der Waals surface area contributed by atoms with E-state index in [1.54, 1.807) is 48.5 Å². The molecule has 50 heavy (non-hydrogen) atoms. The van der Waals surface area contributed by atoms with Crippen LogP contribution in [0.4, 0.5) is 57.1 Å². The molecule has 0 aliphatic carbocycles. The first-order chi connectivity index (χ1) is 25.3. The zero-order chi connectivity index (χ0) is 40.8. The van der Waals surface area contributed by atoms with Crippen LogP contribution in [-0.4, -0.2) is 29.9 Å². The summed E-state index contributed by atoms with van der Waals surface area (Å²) in [6.45, 7) is 0. The quantitative estimate of drug-likeness (QED) is 0.137. The maximum absolute atomic E-state index is 14.7. The van der Waals surface area contributed by atoms with Gasteiger partial charge < -0.3 is 0 Å². The van der Waals surface area contributed by atoms with Gasteiger partial charge in [0.15, 0.2) is 0 Å². The van der Waals surface area contributed by atoms with Crippen LogP contribution in [-0.2, 0) is 5.92 Å². The van der Waals surface area contributed by atoms with E-state index in [0.29, 0.717) is 21.2 Å². The molecule has 0 fully saturated rings. The Bertz CT molecular complexity index is 2430. The minimum atomic E-state index is -7.98. The molecule has 0 aliphatic rings. The number of hydrogen-bond donors (Lipinski definition) is 0. The van der Waals surface area contributed by atoms with Crippen molar-refractivity contribution in [3.63, 3.8) is 0 Å². The summed E-state index contributed by atoms with van der Waals surface area (Å²) in [5.41, 5.74) is 0.130. The summed E-state index contributed by atoms with van der Waals surface area (Å²) in [6, 6.07) is 16.3. The second-order valence-electron chi connectivity index (χ2n) is 11.0. The van der Waals surface area contributed by atoms with Gasteiger partial charge in [-0.05, 0) is 51.6 Å². The topological polar surface area (TPSA) is 0 Å². The van der Waals surface area contributed by atoms with Crippen molar-refractivity contribution in [2.24, 2.45) is 0 Å². The highest BCUT2D eigenvalue weighted by atomic mass is 32.1. The molecule has 260 valence electrons. The number of halogens is 13. The van der Waals surface area contributed by atoms with Gasteiger partial charge in [-0.3, -0.25) is 0 Å². The summed E-state index contributed by atoms with van der Waals surface area (Å²) >= 11 is 1.29. The predicted molar refractivity (Wildman–Crippen MR) is 165 cm³/mol. The molecule has 0 spiro atoms. The lowest BCUT2D eigenvalue weighted by atomic mass is 9.90. The monoisotopic (exact) mass is 735 g/mol. The third-order valence-corrected chi connectivity index (χ3v) is 9.13. The van der Waals surface area contributed by atoms with Crippen LogP contribution in [0.15, 0.2) is 115 Å². The maximum Gasteiger partial charge on any atom is 0.460 e. The number of thiophene rings is 1. The molecule has 0 amide bonds. The number of alkyl halides is 13. The Kier molecular flexibility index (Phi) is 6.85. The molecule has 1 heterocycles. The molecule has 6 aromatic rings. The summed E-state index contributed by atoms with van der Waals surface area (Å²) < 4.78 is 219. The van der Waals surface area contributed by atoms with Crippen LogP contribution < -0.4 is 0 Å². The van der Waals surface area contributed by atoms with Crippen LogP contribution >= 0.6 is 11.3 Å². The number of benzene rings is 5. The molecule has 0 unspecified atom stereocenters. The maximum atomic E-state index is 14.7. The van der Waals surface area contributed by atoms with Gasteiger partial charge in [-0.1, -0.05) is 96.9 Å². The third kappa shape index (κ3) is 5.39. The molecule has 5 aromatic carbocycles. The van der Waals surface area contributed by atoms with Crippen LogP contribution in [0.25, 0.3) is 53.6 Å². The highest BCUT2D eigenvalue weighted by Crippen LogP contribution is 2.62. The van der Waals surface area contributed by atoms with E-state index < -0.39 is 59.5 Å². The third-order valence-electron chi connectivity index (χ3n) is 7.99. The molecule has 0 N–H and O–H groups in total. The SMILES string of the molecule is [2H]c1c([2H])c([2H])c(-c2ccc(-c3ccc4sc5cc(-c6ccc(C(F)(F)C(F)(F)C(F)(F)C(F)(F)C(F)(F)C(F)(F)F)cc6)ccc5c4c3)cc2)c([2H])c1[2H]. The Hall–Kier alpha value is -4.59. The van der Waals surface area contributed by atoms with Crippen molar-refractivity contribution in [2.45, 2.75) is 35.8 Å². The van der Waals surface area contributed by atoms with Crippen LogP contribution in [0.3, 0.4) is 0 Å². The molecule has 0 saturated heterocycles. The average molecular weight is 736 g/mol. The summed E-state index contributed by atoms with van der Waals surface area (Å²) in [5.74, 6) is -37.4. The molecule has 0 nitrogen and oxygen atoms in total. The first-order valence-electron chi connectivity index (χ1n) is 16.5. The Morgan fingerprint density at radius 3 is 1.42 bits per heavy atom. The van der Waals surface area contributed by atoms with Gasteiger partial charge >= 0.3 is 35.8 Å². The lowest BCUT2D eigenvalue weighted by Gasteiger charge is -2.39. The molecule has 0 radical (unpaired) electrons. The highest BCUT2D eigenvalue weighted by molar-refractivity contribution is 7.25. The Balaban J connectivity index is 1.28. The number of rotatable bonds is 8. The fourth-order valence-corrected chi connectivity index (χ4v) is 6.31. The van der Waals surface area contributed by atoms with Crippen molar-refractivity contribution in [3.8, 4) is 33.4 Å². The fourth-order valence-electron chi connectivity index (χ4n) is 5.18. The molecule has 0 aliphatic heterocycles. The molecular formula is C36H19F13S. The number of hydrogen-bond acceptors (Lipinski definition) is 1. The van der Waals surface area contributed by atoms with E-state index in [1.807, 2.05) is 6.07 Å². The van der Waals surface area contributed by atoms with Crippen LogP contribution in [0, 0.1) is 0 Å². The van der Waals surface area contributed by atoms with E-state index in [0.717, 1.165) is 27.8 Å². The molecular weight excluding hydrogens is 711 g/mol. The van der Waals surface area contributed by atoms with Crippen molar-refractivity contribution in [1.29, 1.82) is 0 Å². The van der Waals surface area contributed by atoms with Gasteiger partial charge in [0.05, 0.1) is 6.85 Å². The zero-order valence-electron chi connectivity index (χ0n) is 29.4. The lowest BCUT2D eigenvalue weighted by molar-refractivity contribution is -0.441. The van der Waals surface area contributed by atoms with Crippen molar-refractivity contribution < 1.29 is 63.9 Å². The lowest BCUT2D eigenvalue weighted by Crippen LogP contribution is -2.69.